The SMILES string of the molecule is Cc1ccc(S(=O)(=O)N2CCC(CC(B(O)O)C3CCCC3)CC2)cc1. The quantitative estimate of drug-likeness (QED) is 0.745. The van der Waals surface area contributed by atoms with Crippen LogP contribution in [0.5, 0.6) is 0 Å². The first-order chi connectivity index (χ1) is 12.4. The van der Waals surface area contributed by atoms with Crippen LogP contribution in [0.1, 0.15) is 50.5 Å². The molecule has 0 radical (unpaired) electrons. The van der Waals surface area contributed by atoms with Crippen molar-refractivity contribution < 1.29 is 18.5 Å². The van der Waals surface area contributed by atoms with Crippen molar-refractivity contribution in [2.45, 2.75) is 62.6 Å². The molecule has 1 aromatic carbocycles. The van der Waals surface area contributed by atoms with E-state index in [4.69, 9.17) is 0 Å². The average Bonchev–Trinajstić information content (AvgIpc) is 3.14. The molecule has 144 valence electrons. The van der Waals surface area contributed by atoms with Crippen molar-refractivity contribution in [3.05, 3.63) is 29.8 Å². The fourth-order valence-corrected chi connectivity index (χ4v) is 6.04. The molecule has 0 spiro atoms. The lowest BCUT2D eigenvalue weighted by Gasteiger charge is -2.34. The number of benzene rings is 1. The monoisotopic (exact) mass is 379 g/mol. The van der Waals surface area contributed by atoms with Crippen LogP contribution in [0.3, 0.4) is 0 Å². The summed E-state index contributed by atoms with van der Waals surface area (Å²) >= 11 is 0. The Kier molecular flexibility index (Phi) is 6.43. The zero-order valence-corrected chi connectivity index (χ0v) is 16.4. The van der Waals surface area contributed by atoms with Crippen LogP contribution in [0.2, 0.25) is 5.82 Å². The van der Waals surface area contributed by atoms with E-state index in [-0.39, 0.29) is 5.82 Å². The Bertz CT molecular complexity index is 678. The summed E-state index contributed by atoms with van der Waals surface area (Å²) in [6.45, 7) is 2.97. The van der Waals surface area contributed by atoms with E-state index in [0.717, 1.165) is 37.7 Å². The van der Waals surface area contributed by atoms with Gasteiger partial charge in [0.2, 0.25) is 10.0 Å². The predicted molar refractivity (Wildman–Crippen MR) is 103 cm³/mol. The molecular formula is C19H30BNO4S. The maximum absolute atomic E-state index is 12.8. The second-order valence-electron chi connectivity index (χ2n) is 8.02. The third kappa shape index (κ3) is 4.50. The van der Waals surface area contributed by atoms with Gasteiger partial charge in [-0.25, -0.2) is 8.42 Å². The first-order valence-electron chi connectivity index (χ1n) is 9.81. The fourth-order valence-electron chi connectivity index (χ4n) is 4.57. The summed E-state index contributed by atoms with van der Waals surface area (Å²) in [6.07, 6.45) is 6.91. The van der Waals surface area contributed by atoms with Crippen LogP contribution in [-0.4, -0.2) is 43.0 Å². The van der Waals surface area contributed by atoms with E-state index in [0.29, 0.717) is 29.8 Å². The van der Waals surface area contributed by atoms with E-state index in [1.807, 2.05) is 19.1 Å². The summed E-state index contributed by atoms with van der Waals surface area (Å²) in [6, 6.07) is 7.01. The number of rotatable bonds is 6. The first kappa shape index (κ1) is 19.9. The van der Waals surface area contributed by atoms with Crippen LogP contribution in [0.4, 0.5) is 0 Å². The molecule has 1 unspecified atom stereocenters. The molecule has 5 nitrogen and oxygen atoms in total. The summed E-state index contributed by atoms with van der Waals surface area (Å²) in [5, 5.41) is 19.6. The van der Waals surface area contributed by atoms with Crippen molar-refractivity contribution in [3.63, 3.8) is 0 Å². The zero-order chi connectivity index (χ0) is 18.7. The number of piperidine rings is 1. The summed E-state index contributed by atoms with van der Waals surface area (Å²) in [4.78, 5) is 0.358. The van der Waals surface area contributed by atoms with Crippen LogP contribution in [0, 0.1) is 18.8 Å². The van der Waals surface area contributed by atoms with E-state index < -0.39 is 17.1 Å². The standard InChI is InChI=1S/C19H30BNO4S/c1-15-6-8-18(9-7-15)26(24,25)21-12-10-16(11-13-21)14-19(20(22)23)17-4-2-3-5-17/h6-9,16-17,19,22-23H,2-5,10-14H2,1H3. The van der Waals surface area contributed by atoms with Gasteiger partial charge in [0.15, 0.2) is 0 Å². The molecule has 2 fully saturated rings. The van der Waals surface area contributed by atoms with Gasteiger partial charge in [-0.15, -0.1) is 0 Å². The van der Waals surface area contributed by atoms with Crippen molar-refractivity contribution in [2.24, 2.45) is 11.8 Å². The highest BCUT2D eigenvalue weighted by Gasteiger charge is 2.37. The van der Waals surface area contributed by atoms with Crippen molar-refractivity contribution in [1.82, 2.24) is 4.31 Å². The molecule has 1 heterocycles. The van der Waals surface area contributed by atoms with Gasteiger partial charge in [-0.3, -0.25) is 0 Å². The lowest BCUT2D eigenvalue weighted by Crippen LogP contribution is -2.39. The minimum absolute atomic E-state index is 0.0669. The van der Waals surface area contributed by atoms with E-state index >= 15 is 0 Å². The summed E-state index contributed by atoms with van der Waals surface area (Å²) in [5.74, 6) is 0.707. The smallest absolute Gasteiger partial charge is 0.427 e. The lowest BCUT2D eigenvalue weighted by atomic mass is 9.61. The van der Waals surface area contributed by atoms with Gasteiger partial charge in [-0.1, -0.05) is 43.4 Å². The Hall–Kier alpha value is -0.885. The number of aryl methyl sites for hydroxylation is 1. The van der Waals surface area contributed by atoms with E-state index in [1.54, 1.807) is 16.4 Å². The molecule has 0 amide bonds. The molecular weight excluding hydrogens is 349 g/mol. The molecule has 0 aromatic heterocycles. The Morgan fingerprint density at radius 3 is 2.19 bits per heavy atom. The maximum atomic E-state index is 12.8. The summed E-state index contributed by atoms with van der Waals surface area (Å²) in [5.41, 5.74) is 1.04. The second kappa shape index (κ2) is 8.42. The van der Waals surface area contributed by atoms with Crippen LogP contribution in [-0.2, 0) is 10.0 Å². The molecule has 1 aliphatic heterocycles. The molecule has 26 heavy (non-hydrogen) atoms. The Labute approximate surface area is 157 Å². The molecule has 1 saturated carbocycles. The van der Waals surface area contributed by atoms with Crippen LogP contribution >= 0.6 is 0 Å². The topological polar surface area (TPSA) is 77.8 Å². The average molecular weight is 379 g/mol. The molecule has 1 aliphatic carbocycles. The number of hydrogen-bond acceptors (Lipinski definition) is 4. The molecule has 1 atom stereocenters. The molecule has 2 aliphatic rings. The van der Waals surface area contributed by atoms with Crippen LogP contribution in [0.15, 0.2) is 29.2 Å². The van der Waals surface area contributed by atoms with Gasteiger partial charge in [0.25, 0.3) is 0 Å². The second-order valence-corrected chi connectivity index (χ2v) is 9.96. The van der Waals surface area contributed by atoms with Gasteiger partial charge in [0.1, 0.15) is 0 Å². The Balaban J connectivity index is 1.58. The van der Waals surface area contributed by atoms with Gasteiger partial charge in [0.05, 0.1) is 4.90 Å². The minimum Gasteiger partial charge on any atom is -0.427 e. The number of nitrogens with zero attached hydrogens (tertiary/aromatic N) is 1. The lowest BCUT2D eigenvalue weighted by molar-refractivity contribution is 0.235. The zero-order valence-electron chi connectivity index (χ0n) is 15.5. The van der Waals surface area contributed by atoms with Gasteiger partial charge in [-0.05, 0) is 56.0 Å². The van der Waals surface area contributed by atoms with Gasteiger partial charge < -0.3 is 10.0 Å². The number of hydrogen-bond donors (Lipinski definition) is 2. The fraction of sp³-hybridized carbons (Fsp3) is 0.684. The van der Waals surface area contributed by atoms with Crippen LogP contribution in [0.25, 0.3) is 0 Å². The van der Waals surface area contributed by atoms with Gasteiger partial charge in [-0.2, -0.15) is 4.31 Å². The third-order valence-corrected chi connectivity index (χ3v) is 8.14. The highest BCUT2D eigenvalue weighted by Crippen LogP contribution is 2.41. The van der Waals surface area contributed by atoms with Crippen molar-refractivity contribution >= 4 is 17.1 Å². The van der Waals surface area contributed by atoms with Gasteiger partial charge in [0, 0.05) is 13.1 Å². The Morgan fingerprint density at radius 1 is 1.08 bits per heavy atom. The van der Waals surface area contributed by atoms with Crippen molar-refractivity contribution in [1.29, 1.82) is 0 Å². The normalized spacial score (nSPS) is 21.8. The summed E-state index contributed by atoms with van der Waals surface area (Å²) in [7, 11) is -4.69. The Morgan fingerprint density at radius 2 is 1.65 bits per heavy atom. The minimum atomic E-state index is -3.43. The van der Waals surface area contributed by atoms with Crippen molar-refractivity contribution in [3.8, 4) is 0 Å². The van der Waals surface area contributed by atoms with Gasteiger partial charge >= 0.3 is 7.12 Å². The van der Waals surface area contributed by atoms with Crippen LogP contribution < -0.4 is 0 Å². The maximum Gasteiger partial charge on any atom is 0.455 e. The highest BCUT2D eigenvalue weighted by molar-refractivity contribution is 7.89. The number of sulfonamides is 1. The molecule has 0 bridgehead atoms. The molecule has 3 rings (SSSR count). The highest BCUT2D eigenvalue weighted by atomic mass is 32.2. The molecule has 7 heteroatoms. The van der Waals surface area contributed by atoms with E-state index in [9.17, 15) is 18.5 Å². The summed E-state index contributed by atoms with van der Waals surface area (Å²) < 4.78 is 27.2. The largest absolute Gasteiger partial charge is 0.455 e. The van der Waals surface area contributed by atoms with Crippen molar-refractivity contribution in [2.75, 3.05) is 13.1 Å². The molecule has 1 aromatic rings. The predicted octanol–water partition coefficient (Wildman–Crippen LogP) is 2.82. The van der Waals surface area contributed by atoms with E-state index in [2.05, 4.69) is 0 Å². The van der Waals surface area contributed by atoms with E-state index in [1.165, 1.54) is 12.8 Å². The first-order valence-corrected chi connectivity index (χ1v) is 11.2. The molecule has 2 N–H and O–H groups in total. The third-order valence-electron chi connectivity index (χ3n) is 6.23. The molecule has 1 saturated heterocycles.